The van der Waals surface area contributed by atoms with Crippen LogP contribution in [0.5, 0.6) is 5.75 Å². The number of piperazine rings is 1. The summed E-state index contributed by atoms with van der Waals surface area (Å²) in [4.78, 5) is 16.6. The molecule has 0 aromatic heterocycles. The zero-order valence-corrected chi connectivity index (χ0v) is 16.6. The Kier molecular flexibility index (Phi) is 6.58. The van der Waals surface area contributed by atoms with Gasteiger partial charge in [-0.3, -0.25) is 4.90 Å². The van der Waals surface area contributed by atoms with Crippen molar-refractivity contribution in [1.29, 1.82) is 0 Å². The fraction of sp³-hybridized carbons (Fsp3) is 0.381. The molecule has 2 aromatic carbocycles. The van der Waals surface area contributed by atoms with Crippen LogP contribution in [0.2, 0.25) is 5.02 Å². The van der Waals surface area contributed by atoms with Crippen LogP contribution < -0.4 is 10.1 Å². The summed E-state index contributed by atoms with van der Waals surface area (Å²) in [6.45, 7) is 8.08. The van der Waals surface area contributed by atoms with Crippen molar-refractivity contribution in [2.45, 2.75) is 26.5 Å². The Labute approximate surface area is 165 Å². The second kappa shape index (κ2) is 9.11. The number of hydrogen-bond donors (Lipinski definition) is 1. The summed E-state index contributed by atoms with van der Waals surface area (Å²) in [6, 6.07) is 15.4. The smallest absolute Gasteiger partial charge is 0.321 e. The summed E-state index contributed by atoms with van der Waals surface area (Å²) >= 11 is 5.87. The molecule has 3 rings (SSSR count). The number of urea groups is 1. The van der Waals surface area contributed by atoms with Crippen molar-refractivity contribution >= 4 is 23.3 Å². The molecule has 1 saturated heterocycles. The first-order valence-electron chi connectivity index (χ1n) is 9.29. The molecule has 5 nitrogen and oxygen atoms in total. The summed E-state index contributed by atoms with van der Waals surface area (Å²) in [5.74, 6) is 0.900. The largest absolute Gasteiger partial charge is 0.491 e. The van der Waals surface area contributed by atoms with Crippen molar-refractivity contribution < 1.29 is 9.53 Å². The molecule has 0 aliphatic carbocycles. The number of carbonyl (C=O) groups is 1. The van der Waals surface area contributed by atoms with Gasteiger partial charge in [-0.2, -0.15) is 0 Å². The third kappa shape index (κ3) is 5.88. The Hall–Kier alpha value is -2.24. The minimum Gasteiger partial charge on any atom is -0.491 e. The normalized spacial score (nSPS) is 15.0. The first kappa shape index (κ1) is 19.5. The highest BCUT2D eigenvalue weighted by Crippen LogP contribution is 2.17. The molecule has 0 radical (unpaired) electrons. The maximum Gasteiger partial charge on any atom is 0.321 e. The molecular formula is C21H26ClN3O2. The zero-order valence-electron chi connectivity index (χ0n) is 15.8. The van der Waals surface area contributed by atoms with Crippen molar-refractivity contribution in [3.63, 3.8) is 0 Å². The van der Waals surface area contributed by atoms with Crippen LogP contribution in [0.1, 0.15) is 19.4 Å². The molecule has 1 heterocycles. The number of carbonyl (C=O) groups excluding carboxylic acids is 1. The van der Waals surface area contributed by atoms with Gasteiger partial charge in [0.25, 0.3) is 0 Å². The molecule has 1 N–H and O–H groups in total. The molecule has 0 bridgehead atoms. The number of halogens is 1. The molecule has 6 heteroatoms. The topological polar surface area (TPSA) is 44.8 Å². The van der Waals surface area contributed by atoms with E-state index in [9.17, 15) is 4.79 Å². The van der Waals surface area contributed by atoms with E-state index in [4.69, 9.17) is 16.3 Å². The molecule has 1 aliphatic heterocycles. The molecule has 2 aromatic rings. The SMILES string of the molecule is CC(C)Oc1ccc(CN2CCN(C(=O)Nc3ccc(Cl)cc3)CC2)cc1. The first-order chi connectivity index (χ1) is 13.0. The lowest BCUT2D eigenvalue weighted by Crippen LogP contribution is -2.49. The molecule has 27 heavy (non-hydrogen) atoms. The molecule has 0 unspecified atom stereocenters. The van der Waals surface area contributed by atoms with E-state index in [1.165, 1.54) is 5.56 Å². The number of ether oxygens (including phenoxy) is 1. The van der Waals surface area contributed by atoms with Gasteiger partial charge in [-0.1, -0.05) is 23.7 Å². The van der Waals surface area contributed by atoms with E-state index in [0.29, 0.717) is 18.1 Å². The number of nitrogens with zero attached hydrogens (tertiary/aromatic N) is 2. The van der Waals surface area contributed by atoms with Gasteiger partial charge in [0.05, 0.1) is 6.10 Å². The number of rotatable bonds is 5. The molecule has 0 spiro atoms. The van der Waals surface area contributed by atoms with Crippen molar-refractivity contribution in [3.05, 3.63) is 59.1 Å². The van der Waals surface area contributed by atoms with Crippen molar-refractivity contribution in [3.8, 4) is 5.75 Å². The fourth-order valence-corrected chi connectivity index (χ4v) is 3.17. The minimum absolute atomic E-state index is 0.0628. The van der Waals surface area contributed by atoms with E-state index in [2.05, 4.69) is 22.3 Å². The second-order valence-corrected chi connectivity index (χ2v) is 7.45. The average molecular weight is 388 g/mol. The molecule has 1 fully saturated rings. The van der Waals surface area contributed by atoms with E-state index in [1.54, 1.807) is 12.1 Å². The van der Waals surface area contributed by atoms with E-state index >= 15 is 0 Å². The third-order valence-electron chi connectivity index (χ3n) is 4.46. The predicted molar refractivity (Wildman–Crippen MR) is 110 cm³/mol. The molecule has 0 atom stereocenters. The van der Waals surface area contributed by atoms with Crippen LogP contribution in [0.3, 0.4) is 0 Å². The molecule has 2 amide bonds. The van der Waals surface area contributed by atoms with Crippen LogP contribution in [-0.2, 0) is 6.54 Å². The minimum atomic E-state index is -0.0628. The van der Waals surface area contributed by atoms with Gasteiger partial charge in [0.1, 0.15) is 5.75 Å². The number of anilines is 1. The van der Waals surface area contributed by atoms with Crippen LogP contribution in [0, 0.1) is 0 Å². The highest BCUT2D eigenvalue weighted by Gasteiger charge is 2.21. The lowest BCUT2D eigenvalue weighted by atomic mass is 10.2. The maximum atomic E-state index is 12.4. The molecular weight excluding hydrogens is 362 g/mol. The summed E-state index contributed by atoms with van der Waals surface area (Å²) in [7, 11) is 0. The van der Waals surface area contributed by atoms with Crippen LogP contribution >= 0.6 is 11.6 Å². The lowest BCUT2D eigenvalue weighted by Gasteiger charge is -2.34. The average Bonchev–Trinajstić information content (AvgIpc) is 2.65. The second-order valence-electron chi connectivity index (χ2n) is 7.01. The summed E-state index contributed by atoms with van der Waals surface area (Å²) in [5, 5.41) is 3.58. The Bertz CT molecular complexity index is 739. The van der Waals surface area contributed by atoms with Gasteiger partial charge in [0.2, 0.25) is 0 Å². The molecule has 1 aliphatic rings. The van der Waals surface area contributed by atoms with Gasteiger partial charge >= 0.3 is 6.03 Å². The monoisotopic (exact) mass is 387 g/mol. The van der Waals surface area contributed by atoms with Gasteiger partial charge in [0, 0.05) is 43.4 Å². The summed E-state index contributed by atoms with van der Waals surface area (Å²) in [5.41, 5.74) is 2.01. The van der Waals surface area contributed by atoms with Gasteiger partial charge < -0.3 is 15.0 Å². The lowest BCUT2D eigenvalue weighted by molar-refractivity contribution is 0.143. The third-order valence-corrected chi connectivity index (χ3v) is 4.71. The van der Waals surface area contributed by atoms with E-state index in [1.807, 2.05) is 43.0 Å². The van der Waals surface area contributed by atoms with Crippen LogP contribution in [0.15, 0.2) is 48.5 Å². The Balaban J connectivity index is 1.45. The number of hydrogen-bond acceptors (Lipinski definition) is 3. The van der Waals surface area contributed by atoms with Crippen molar-refractivity contribution in [2.75, 3.05) is 31.5 Å². The summed E-state index contributed by atoms with van der Waals surface area (Å²) in [6.07, 6.45) is 0.183. The van der Waals surface area contributed by atoms with Crippen molar-refractivity contribution in [1.82, 2.24) is 9.80 Å². The fourth-order valence-electron chi connectivity index (χ4n) is 3.05. The van der Waals surface area contributed by atoms with Crippen molar-refractivity contribution in [2.24, 2.45) is 0 Å². The van der Waals surface area contributed by atoms with Gasteiger partial charge in [-0.15, -0.1) is 0 Å². The van der Waals surface area contributed by atoms with Gasteiger partial charge in [0.15, 0.2) is 0 Å². The zero-order chi connectivity index (χ0) is 19.2. The van der Waals surface area contributed by atoms with Crippen LogP contribution in [0.4, 0.5) is 10.5 Å². The standard InChI is InChI=1S/C21H26ClN3O2/c1-16(2)27-20-9-3-17(4-10-20)15-24-11-13-25(14-12-24)21(26)23-19-7-5-18(22)6-8-19/h3-10,16H,11-15H2,1-2H3,(H,23,26). The van der Waals surface area contributed by atoms with Gasteiger partial charge in [-0.25, -0.2) is 4.79 Å². The maximum absolute atomic E-state index is 12.4. The number of amides is 2. The molecule has 144 valence electrons. The number of nitrogens with one attached hydrogen (secondary N) is 1. The highest BCUT2D eigenvalue weighted by atomic mass is 35.5. The van der Waals surface area contributed by atoms with Crippen LogP contribution in [0.25, 0.3) is 0 Å². The Morgan fingerprint density at radius 2 is 1.67 bits per heavy atom. The van der Waals surface area contributed by atoms with E-state index < -0.39 is 0 Å². The first-order valence-corrected chi connectivity index (χ1v) is 9.67. The Morgan fingerprint density at radius 3 is 2.26 bits per heavy atom. The quantitative estimate of drug-likeness (QED) is 0.822. The number of benzene rings is 2. The summed E-state index contributed by atoms with van der Waals surface area (Å²) < 4.78 is 5.68. The van der Waals surface area contributed by atoms with E-state index in [0.717, 1.165) is 31.1 Å². The van der Waals surface area contributed by atoms with Gasteiger partial charge in [-0.05, 0) is 55.8 Å². The van der Waals surface area contributed by atoms with Crippen LogP contribution in [-0.4, -0.2) is 48.1 Å². The highest BCUT2D eigenvalue weighted by molar-refractivity contribution is 6.30. The molecule has 0 saturated carbocycles. The predicted octanol–water partition coefficient (Wildman–Crippen LogP) is 4.48. The Morgan fingerprint density at radius 1 is 1.04 bits per heavy atom. The van der Waals surface area contributed by atoms with E-state index in [-0.39, 0.29) is 12.1 Å².